The van der Waals surface area contributed by atoms with Gasteiger partial charge in [-0.25, -0.2) is 9.97 Å². The van der Waals surface area contributed by atoms with Crippen molar-refractivity contribution >= 4 is 17.5 Å². The molecule has 0 spiro atoms. The van der Waals surface area contributed by atoms with Crippen LogP contribution in [0.25, 0.3) is 0 Å². The summed E-state index contributed by atoms with van der Waals surface area (Å²) in [5, 5.41) is 2.90. The fourth-order valence-corrected chi connectivity index (χ4v) is 2.16. The molecule has 0 atom stereocenters. The van der Waals surface area contributed by atoms with Gasteiger partial charge in [-0.1, -0.05) is 0 Å². The van der Waals surface area contributed by atoms with Crippen molar-refractivity contribution in [2.24, 2.45) is 0 Å². The van der Waals surface area contributed by atoms with Gasteiger partial charge in [0.15, 0.2) is 0 Å². The van der Waals surface area contributed by atoms with Gasteiger partial charge in [-0.15, -0.1) is 11.6 Å². The van der Waals surface area contributed by atoms with Crippen LogP contribution in [-0.4, -0.2) is 33.9 Å². The van der Waals surface area contributed by atoms with Crippen molar-refractivity contribution in [1.29, 1.82) is 0 Å². The molecule has 1 heterocycles. The van der Waals surface area contributed by atoms with Gasteiger partial charge < -0.3 is 10.1 Å². The van der Waals surface area contributed by atoms with E-state index in [0.717, 1.165) is 25.7 Å². The third-order valence-corrected chi connectivity index (χ3v) is 3.22. The second-order valence-electron chi connectivity index (χ2n) is 4.32. The van der Waals surface area contributed by atoms with Crippen molar-refractivity contribution in [3.05, 3.63) is 18.5 Å². The number of amides is 1. The number of nitrogens with zero attached hydrogens (tertiary/aromatic N) is 2. The fraction of sp³-hybridized carbons (Fsp3) is 0.583. The first-order valence-corrected chi connectivity index (χ1v) is 6.60. The molecule has 1 aromatic rings. The van der Waals surface area contributed by atoms with Crippen molar-refractivity contribution < 1.29 is 9.53 Å². The number of carbonyl (C=O) groups is 1. The van der Waals surface area contributed by atoms with E-state index < -0.39 is 0 Å². The highest BCUT2D eigenvalue weighted by atomic mass is 35.5. The number of aromatic nitrogens is 2. The first-order chi connectivity index (χ1) is 8.78. The van der Waals surface area contributed by atoms with Crippen LogP contribution in [0.1, 0.15) is 25.7 Å². The highest BCUT2D eigenvalue weighted by Gasteiger charge is 2.23. The molecule has 2 rings (SSSR count). The Balaban J connectivity index is 1.75. The third-order valence-electron chi connectivity index (χ3n) is 2.97. The van der Waals surface area contributed by atoms with Crippen molar-refractivity contribution in [2.45, 2.75) is 37.8 Å². The second-order valence-corrected chi connectivity index (χ2v) is 4.59. The van der Waals surface area contributed by atoms with E-state index in [1.165, 1.54) is 0 Å². The number of alkyl halides is 1. The molecule has 98 valence electrons. The molecule has 5 nitrogen and oxygen atoms in total. The average Bonchev–Trinajstić information content (AvgIpc) is 2.42. The van der Waals surface area contributed by atoms with Gasteiger partial charge >= 0.3 is 6.01 Å². The van der Waals surface area contributed by atoms with Gasteiger partial charge in [0.25, 0.3) is 0 Å². The molecule has 0 unspecified atom stereocenters. The molecule has 1 aliphatic carbocycles. The van der Waals surface area contributed by atoms with Gasteiger partial charge in [0.1, 0.15) is 12.0 Å². The number of nitrogens with one attached hydrogen (secondary N) is 1. The molecule has 1 aliphatic rings. The number of rotatable bonds is 4. The summed E-state index contributed by atoms with van der Waals surface area (Å²) in [4.78, 5) is 19.2. The maximum Gasteiger partial charge on any atom is 0.316 e. The fourth-order valence-electron chi connectivity index (χ4n) is 2.09. The number of hydrogen-bond acceptors (Lipinski definition) is 4. The summed E-state index contributed by atoms with van der Waals surface area (Å²) in [6, 6.07) is 2.39. The predicted octanol–water partition coefficient (Wildman–Crippen LogP) is 1.52. The SMILES string of the molecule is O=C(CCl)NC1CCC(Oc2ncccn2)CC1. The Bertz CT molecular complexity index is 380. The number of halogens is 1. The molecule has 1 saturated carbocycles. The normalized spacial score (nSPS) is 23.4. The molecule has 1 amide bonds. The van der Waals surface area contributed by atoms with Crippen LogP contribution in [-0.2, 0) is 4.79 Å². The largest absolute Gasteiger partial charge is 0.460 e. The summed E-state index contributed by atoms with van der Waals surface area (Å²) in [5.41, 5.74) is 0. The highest BCUT2D eigenvalue weighted by Crippen LogP contribution is 2.21. The Morgan fingerprint density at radius 1 is 1.33 bits per heavy atom. The standard InChI is InChI=1S/C12H16ClN3O2/c13-8-11(17)16-9-2-4-10(5-3-9)18-12-14-6-1-7-15-12/h1,6-7,9-10H,2-5,8H2,(H,16,17). The Labute approximate surface area is 111 Å². The van der Waals surface area contributed by atoms with Crippen LogP contribution >= 0.6 is 11.6 Å². The predicted molar refractivity (Wildman–Crippen MR) is 67.6 cm³/mol. The highest BCUT2D eigenvalue weighted by molar-refractivity contribution is 6.27. The van der Waals surface area contributed by atoms with E-state index in [4.69, 9.17) is 16.3 Å². The van der Waals surface area contributed by atoms with Gasteiger partial charge in [0.2, 0.25) is 5.91 Å². The third kappa shape index (κ3) is 3.84. The molecule has 0 aliphatic heterocycles. The minimum Gasteiger partial charge on any atom is -0.460 e. The lowest BCUT2D eigenvalue weighted by Gasteiger charge is -2.28. The first-order valence-electron chi connectivity index (χ1n) is 6.07. The van der Waals surface area contributed by atoms with Crippen molar-refractivity contribution in [3.63, 3.8) is 0 Å². The van der Waals surface area contributed by atoms with Gasteiger partial charge in [-0.3, -0.25) is 4.79 Å². The Morgan fingerprint density at radius 3 is 2.61 bits per heavy atom. The van der Waals surface area contributed by atoms with Crippen LogP contribution in [0, 0.1) is 0 Å². The lowest BCUT2D eigenvalue weighted by molar-refractivity contribution is -0.119. The van der Waals surface area contributed by atoms with Crippen molar-refractivity contribution in [2.75, 3.05) is 5.88 Å². The van der Waals surface area contributed by atoms with Crippen LogP contribution in [0.2, 0.25) is 0 Å². The Kier molecular flexibility index (Phi) is 4.75. The molecule has 1 N–H and O–H groups in total. The summed E-state index contributed by atoms with van der Waals surface area (Å²) in [6.45, 7) is 0. The molecule has 0 aromatic carbocycles. The molecule has 18 heavy (non-hydrogen) atoms. The van der Waals surface area contributed by atoms with E-state index in [1.54, 1.807) is 18.5 Å². The minimum absolute atomic E-state index is 0.0221. The van der Waals surface area contributed by atoms with E-state index in [-0.39, 0.29) is 23.9 Å². The quantitative estimate of drug-likeness (QED) is 0.842. The molecule has 1 aromatic heterocycles. The molecule has 0 bridgehead atoms. The van der Waals surface area contributed by atoms with Gasteiger partial charge in [-0.05, 0) is 31.7 Å². The lowest BCUT2D eigenvalue weighted by Crippen LogP contribution is -2.40. The zero-order valence-electron chi connectivity index (χ0n) is 10.0. The lowest BCUT2D eigenvalue weighted by atomic mass is 9.93. The summed E-state index contributed by atoms with van der Waals surface area (Å²) in [7, 11) is 0. The van der Waals surface area contributed by atoms with Crippen molar-refractivity contribution in [1.82, 2.24) is 15.3 Å². The van der Waals surface area contributed by atoms with E-state index in [0.29, 0.717) is 6.01 Å². The Hall–Kier alpha value is -1.36. The molecule has 1 fully saturated rings. The monoisotopic (exact) mass is 269 g/mol. The van der Waals surface area contributed by atoms with Crippen LogP contribution < -0.4 is 10.1 Å². The molecule has 0 saturated heterocycles. The van der Waals surface area contributed by atoms with Crippen LogP contribution in [0.3, 0.4) is 0 Å². The first kappa shape index (κ1) is 13.1. The molecular weight excluding hydrogens is 254 g/mol. The smallest absolute Gasteiger partial charge is 0.316 e. The van der Waals surface area contributed by atoms with Crippen LogP contribution in [0.5, 0.6) is 6.01 Å². The van der Waals surface area contributed by atoms with Gasteiger partial charge in [0.05, 0.1) is 0 Å². The summed E-state index contributed by atoms with van der Waals surface area (Å²) < 4.78 is 5.67. The Morgan fingerprint density at radius 2 is 2.00 bits per heavy atom. The summed E-state index contributed by atoms with van der Waals surface area (Å²) in [5.74, 6) is -0.0821. The topological polar surface area (TPSA) is 64.1 Å². The average molecular weight is 270 g/mol. The van der Waals surface area contributed by atoms with Gasteiger partial charge in [0, 0.05) is 18.4 Å². The van der Waals surface area contributed by atoms with E-state index in [2.05, 4.69) is 15.3 Å². The van der Waals surface area contributed by atoms with E-state index >= 15 is 0 Å². The molecule has 0 radical (unpaired) electrons. The van der Waals surface area contributed by atoms with Gasteiger partial charge in [-0.2, -0.15) is 0 Å². The maximum absolute atomic E-state index is 11.2. The molecule has 6 heteroatoms. The van der Waals surface area contributed by atoms with Crippen LogP contribution in [0.15, 0.2) is 18.5 Å². The zero-order valence-corrected chi connectivity index (χ0v) is 10.8. The second kappa shape index (κ2) is 6.54. The maximum atomic E-state index is 11.2. The zero-order chi connectivity index (χ0) is 12.8. The van der Waals surface area contributed by atoms with E-state index in [1.807, 2.05) is 0 Å². The van der Waals surface area contributed by atoms with Crippen LogP contribution in [0.4, 0.5) is 0 Å². The van der Waals surface area contributed by atoms with Crippen molar-refractivity contribution in [3.8, 4) is 6.01 Å². The number of hydrogen-bond donors (Lipinski definition) is 1. The van der Waals surface area contributed by atoms with E-state index in [9.17, 15) is 4.79 Å². The minimum atomic E-state index is -0.104. The number of ether oxygens (including phenoxy) is 1. The summed E-state index contributed by atoms with van der Waals surface area (Å²) >= 11 is 5.45. The number of carbonyl (C=O) groups excluding carboxylic acids is 1. The molecular formula is C12H16ClN3O2. The summed E-state index contributed by atoms with van der Waals surface area (Å²) in [6.07, 6.45) is 7.05.